The van der Waals surface area contributed by atoms with Crippen LogP contribution in [-0.2, 0) is 26.0 Å². The molecule has 196 valence electrons. The Hall–Kier alpha value is -3.21. The Balaban J connectivity index is 1.65. The summed E-state index contributed by atoms with van der Waals surface area (Å²) < 4.78 is 39.2. The summed E-state index contributed by atoms with van der Waals surface area (Å²) in [6.07, 6.45) is 0.0906. The molecule has 0 aliphatic carbocycles. The number of rotatable bonds is 10. The van der Waals surface area contributed by atoms with Crippen molar-refractivity contribution in [3.8, 4) is 11.5 Å². The quantitative estimate of drug-likeness (QED) is 0.352. The van der Waals surface area contributed by atoms with Gasteiger partial charge in [0.2, 0.25) is 5.91 Å². The second kappa shape index (κ2) is 11.0. The predicted molar refractivity (Wildman–Crippen MR) is 143 cm³/mol. The molecule has 2 heterocycles. The molecule has 1 fully saturated rings. The summed E-state index contributed by atoms with van der Waals surface area (Å²) in [6, 6.07) is 14.6. The number of amides is 2. The van der Waals surface area contributed by atoms with Crippen LogP contribution in [0.2, 0.25) is 0 Å². The van der Waals surface area contributed by atoms with Crippen molar-refractivity contribution >= 4 is 38.9 Å². The molecule has 3 aromatic rings. The molecule has 4 rings (SSSR count). The zero-order chi connectivity index (χ0) is 26.7. The highest BCUT2D eigenvalue weighted by atomic mass is 32.2. The van der Waals surface area contributed by atoms with Crippen LogP contribution in [0.25, 0.3) is 0 Å². The zero-order valence-electron chi connectivity index (χ0n) is 21.2. The summed E-state index contributed by atoms with van der Waals surface area (Å²) in [6.45, 7) is 4.13. The van der Waals surface area contributed by atoms with E-state index in [1.54, 1.807) is 35.7 Å². The van der Waals surface area contributed by atoms with Crippen LogP contribution in [0.15, 0.2) is 64.2 Å². The molecule has 0 radical (unpaired) electrons. The number of methoxy groups -OCH3 is 2. The molecule has 1 aliphatic heterocycles. The lowest BCUT2D eigenvalue weighted by Crippen LogP contribution is -2.46. The van der Waals surface area contributed by atoms with Gasteiger partial charge in [-0.15, -0.1) is 11.3 Å². The topological polar surface area (TPSA) is 93.2 Å². The lowest BCUT2D eigenvalue weighted by atomic mass is 10.0. The SMILES string of the molecule is COc1ccc(CCN(C2CC(=O)N(c3ccc(C(C)C)cc3)C2=O)S(=O)(=O)c2cccs2)cc1OC. The number of nitrogens with zero attached hydrogens (tertiary/aromatic N) is 2. The largest absolute Gasteiger partial charge is 0.493 e. The summed E-state index contributed by atoms with van der Waals surface area (Å²) >= 11 is 1.08. The highest BCUT2D eigenvalue weighted by Gasteiger charge is 2.47. The fraction of sp³-hybridized carbons (Fsp3) is 0.333. The van der Waals surface area contributed by atoms with Gasteiger partial charge in [-0.1, -0.05) is 38.1 Å². The first kappa shape index (κ1) is 26.8. The predicted octanol–water partition coefficient (Wildman–Crippen LogP) is 4.45. The molecule has 0 spiro atoms. The molecule has 0 saturated carbocycles. The smallest absolute Gasteiger partial charge is 0.253 e. The van der Waals surface area contributed by atoms with Crippen LogP contribution in [0.1, 0.15) is 37.3 Å². The van der Waals surface area contributed by atoms with E-state index in [2.05, 4.69) is 13.8 Å². The molecule has 1 saturated heterocycles. The summed E-state index contributed by atoms with van der Waals surface area (Å²) in [5.41, 5.74) is 2.33. The number of sulfonamides is 1. The van der Waals surface area contributed by atoms with E-state index < -0.39 is 27.9 Å². The van der Waals surface area contributed by atoms with E-state index in [0.717, 1.165) is 31.7 Å². The van der Waals surface area contributed by atoms with E-state index >= 15 is 0 Å². The van der Waals surface area contributed by atoms with Crippen molar-refractivity contribution in [2.24, 2.45) is 0 Å². The number of carbonyl (C=O) groups is 2. The van der Waals surface area contributed by atoms with E-state index in [1.807, 2.05) is 18.2 Å². The summed E-state index contributed by atoms with van der Waals surface area (Å²) in [7, 11) is -0.956. The number of carbonyl (C=O) groups excluding carboxylic acids is 2. The van der Waals surface area contributed by atoms with Crippen molar-refractivity contribution in [3.63, 3.8) is 0 Å². The van der Waals surface area contributed by atoms with Gasteiger partial charge in [0.1, 0.15) is 10.3 Å². The van der Waals surface area contributed by atoms with Gasteiger partial charge >= 0.3 is 0 Å². The van der Waals surface area contributed by atoms with Crippen LogP contribution in [0, 0.1) is 0 Å². The third-order valence-electron chi connectivity index (χ3n) is 6.42. The average Bonchev–Trinajstić information content (AvgIpc) is 3.53. The normalized spacial score (nSPS) is 16.2. The molecule has 1 aromatic heterocycles. The Bertz CT molecular complexity index is 1370. The first-order valence-electron chi connectivity index (χ1n) is 11.9. The van der Waals surface area contributed by atoms with Crippen LogP contribution in [0.5, 0.6) is 11.5 Å². The van der Waals surface area contributed by atoms with Gasteiger partial charge in [0.05, 0.1) is 26.3 Å². The van der Waals surface area contributed by atoms with E-state index in [4.69, 9.17) is 9.47 Å². The van der Waals surface area contributed by atoms with Crippen LogP contribution in [0.3, 0.4) is 0 Å². The van der Waals surface area contributed by atoms with Crippen molar-refractivity contribution in [1.29, 1.82) is 0 Å². The Kier molecular flexibility index (Phi) is 8.01. The molecule has 2 amide bonds. The van der Waals surface area contributed by atoms with Gasteiger partial charge in [0.15, 0.2) is 11.5 Å². The van der Waals surface area contributed by atoms with Crippen molar-refractivity contribution in [3.05, 3.63) is 71.1 Å². The zero-order valence-corrected chi connectivity index (χ0v) is 22.8. The molecular formula is C27H30N2O6S2. The minimum absolute atomic E-state index is 0.0134. The van der Waals surface area contributed by atoms with Gasteiger partial charge in [-0.05, 0) is 59.2 Å². The number of thiophene rings is 1. The molecule has 1 aliphatic rings. The summed E-state index contributed by atoms with van der Waals surface area (Å²) in [4.78, 5) is 27.7. The highest BCUT2D eigenvalue weighted by Crippen LogP contribution is 2.32. The first-order chi connectivity index (χ1) is 17.7. The molecule has 0 bridgehead atoms. The molecular weight excluding hydrogens is 512 g/mol. The van der Waals surface area contributed by atoms with Crippen LogP contribution in [0.4, 0.5) is 5.69 Å². The monoisotopic (exact) mass is 542 g/mol. The maximum Gasteiger partial charge on any atom is 0.253 e. The Labute approximate surface area is 221 Å². The van der Waals surface area contributed by atoms with Gasteiger partial charge in [-0.2, -0.15) is 4.31 Å². The summed E-state index contributed by atoms with van der Waals surface area (Å²) in [5, 5.41) is 1.67. The van der Waals surface area contributed by atoms with E-state index in [1.165, 1.54) is 20.3 Å². The second-order valence-electron chi connectivity index (χ2n) is 9.02. The van der Waals surface area contributed by atoms with Crippen LogP contribution in [-0.4, -0.2) is 51.3 Å². The number of benzene rings is 2. The van der Waals surface area contributed by atoms with Crippen LogP contribution < -0.4 is 14.4 Å². The van der Waals surface area contributed by atoms with Gasteiger partial charge in [-0.25, -0.2) is 13.3 Å². The third kappa shape index (κ3) is 5.41. The average molecular weight is 543 g/mol. The van der Waals surface area contributed by atoms with Gasteiger partial charge < -0.3 is 9.47 Å². The van der Waals surface area contributed by atoms with E-state index in [-0.39, 0.29) is 17.2 Å². The molecule has 10 heteroatoms. The highest BCUT2D eigenvalue weighted by molar-refractivity contribution is 7.91. The second-order valence-corrected chi connectivity index (χ2v) is 12.1. The number of imide groups is 1. The Morgan fingerprint density at radius 2 is 1.73 bits per heavy atom. The van der Waals surface area contributed by atoms with Crippen LogP contribution >= 0.6 is 11.3 Å². The van der Waals surface area contributed by atoms with E-state index in [9.17, 15) is 18.0 Å². The van der Waals surface area contributed by atoms with Gasteiger partial charge in [-0.3, -0.25) is 9.59 Å². The number of ether oxygens (including phenoxy) is 2. The van der Waals surface area contributed by atoms with E-state index in [0.29, 0.717) is 29.5 Å². The maximum absolute atomic E-state index is 13.6. The molecule has 0 N–H and O–H groups in total. The minimum Gasteiger partial charge on any atom is -0.493 e. The lowest BCUT2D eigenvalue weighted by Gasteiger charge is -2.26. The lowest BCUT2D eigenvalue weighted by molar-refractivity contribution is -0.122. The first-order valence-corrected chi connectivity index (χ1v) is 14.2. The fourth-order valence-corrected chi connectivity index (χ4v) is 7.07. The van der Waals surface area contributed by atoms with Crippen molar-refractivity contribution in [2.45, 2.75) is 42.9 Å². The fourth-order valence-electron chi connectivity index (χ4n) is 4.37. The Morgan fingerprint density at radius 1 is 1.03 bits per heavy atom. The van der Waals surface area contributed by atoms with Crippen molar-refractivity contribution in [1.82, 2.24) is 4.31 Å². The minimum atomic E-state index is -4.02. The number of hydrogen-bond acceptors (Lipinski definition) is 7. The third-order valence-corrected chi connectivity index (χ3v) is 9.70. The number of anilines is 1. The molecule has 37 heavy (non-hydrogen) atoms. The molecule has 1 unspecified atom stereocenters. The molecule has 2 aromatic carbocycles. The number of hydrogen-bond donors (Lipinski definition) is 0. The van der Waals surface area contributed by atoms with Gasteiger partial charge in [0, 0.05) is 6.54 Å². The Morgan fingerprint density at radius 3 is 2.32 bits per heavy atom. The molecule has 8 nitrogen and oxygen atoms in total. The van der Waals surface area contributed by atoms with Crippen molar-refractivity contribution < 1.29 is 27.5 Å². The van der Waals surface area contributed by atoms with Gasteiger partial charge in [0.25, 0.3) is 15.9 Å². The van der Waals surface area contributed by atoms with Crippen molar-refractivity contribution in [2.75, 3.05) is 25.7 Å². The summed E-state index contributed by atoms with van der Waals surface area (Å²) in [5.74, 6) is 0.412. The molecule has 1 atom stereocenters. The maximum atomic E-state index is 13.6. The standard InChI is InChI=1S/C27H30N2O6S2/c1-18(2)20-8-10-21(11-9-20)29-25(30)17-22(27(29)31)28(37(32,33)26-6-5-15-36-26)14-13-19-7-12-23(34-3)24(16-19)35-4/h5-12,15-16,18,22H,13-14,17H2,1-4H3.